The lowest BCUT2D eigenvalue weighted by Gasteiger charge is -2.12. The van der Waals surface area contributed by atoms with Gasteiger partial charge in [-0.05, 0) is 66.4 Å². The van der Waals surface area contributed by atoms with Crippen molar-refractivity contribution in [2.24, 2.45) is 0 Å². The summed E-state index contributed by atoms with van der Waals surface area (Å²) in [5.41, 5.74) is 3.30. The number of carbonyl (C=O) groups is 2. The Bertz CT molecular complexity index is 977. The van der Waals surface area contributed by atoms with E-state index in [9.17, 15) is 9.59 Å². The van der Waals surface area contributed by atoms with Crippen LogP contribution in [0.3, 0.4) is 0 Å². The van der Waals surface area contributed by atoms with Crippen LogP contribution in [0.25, 0.3) is 0 Å². The molecular formula is C23H24N2O4. The topological polar surface area (TPSA) is 80.6 Å². The molecule has 0 aliphatic carbocycles. The lowest BCUT2D eigenvalue weighted by Crippen LogP contribution is -2.20. The molecular weight excluding hydrogens is 368 g/mol. The van der Waals surface area contributed by atoms with Crippen molar-refractivity contribution in [1.29, 1.82) is 0 Å². The van der Waals surface area contributed by atoms with Crippen molar-refractivity contribution >= 4 is 23.2 Å². The lowest BCUT2D eigenvalue weighted by atomic mass is 10.0. The summed E-state index contributed by atoms with van der Waals surface area (Å²) in [6.45, 7) is 6.01. The number of carbonyl (C=O) groups excluding carboxylic acids is 2. The van der Waals surface area contributed by atoms with Crippen molar-refractivity contribution in [2.45, 2.75) is 26.7 Å². The van der Waals surface area contributed by atoms with Gasteiger partial charge in [0.25, 0.3) is 11.8 Å². The molecule has 2 aromatic carbocycles. The number of amides is 2. The number of hydrogen-bond acceptors (Lipinski definition) is 4. The number of furan rings is 1. The van der Waals surface area contributed by atoms with E-state index in [0.29, 0.717) is 23.0 Å². The van der Waals surface area contributed by atoms with Crippen molar-refractivity contribution in [2.75, 3.05) is 17.2 Å². The minimum Gasteiger partial charge on any atom is -0.484 e. The summed E-state index contributed by atoms with van der Waals surface area (Å²) in [5, 5.41) is 5.58. The van der Waals surface area contributed by atoms with Gasteiger partial charge in [-0.2, -0.15) is 0 Å². The van der Waals surface area contributed by atoms with Crippen LogP contribution in [-0.2, 0) is 4.79 Å². The molecule has 1 heterocycles. The summed E-state index contributed by atoms with van der Waals surface area (Å²) in [5.74, 6) is 0.746. The number of aryl methyl sites for hydroxylation is 1. The van der Waals surface area contributed by atoms with E-state index < -0.39 is 0 Å². The zero-order valence-electron chi connectivity index (χ0n) is 16.7. The summed E-state index contributed by atoms with van der Waals surface area (Å²) in [4.78, 5) is 24.2. The second-order valence-corrected chi connectivity index (χ2v) is 7.02. The molecule has 0 unspecified atom stereocenters. The molecule has 0 saturated heterocycles. The number of anilines is 2. The molecule has 0 saturated carbocycles. The Morgan fingerprint density at radius 3 is 2.41 bits per heavy atom. The first-order valence-electron chi connectivity index (χ1n) is 9.40. The Kier molecular flexibility index (Phi) is 6.34. The summed E-state index contributed by atoms with van der Waals surface area (Å²) in [6.07, 6.45) is 1.45. The van der Waals surface area contributed by atoms with Crippen LogP contribution in [-0.4, -0.2) is 18.4 Å². The van der Waals surface area contributed by atoms with Gasteiger partial charge in [-0.3, -0.25) is 9.59 Å². The smallest absolute Gasteiger partial charge is 0.291 e. The number of rotatable bonds is 7. The molecule has 2 N–H and O–H groups in total. The monoisotopic (exact) mass is 392 g/mol. The number of ether oxygens (including phenoxy) is 1. The van der Waals surface area contributed by atoms with E-state index in [2.05, 4.69) is 24.5 Å². The Morgan fingerprint density at radius 2 is 1.79 bits per heavy atom. The lowest BCUT2D eigenvalue weighted by molar-refractivity contribution is -0.118. The van der Waals surface area contributed by atoms with Gasteiger partial charge in [-0.1, -0.05) is 26.0 Å². The van der Waals surface area contributed by atoms with Crippen molar-refractivity contribution < 1.29 is 18.7 Å². The highest BCUT2D eigenvalue weighted by atomic mass is 16.5. The van der Waals surface area contributed by atoms with E-state index in [1.54, 1.807) is 30.3 Å². The third-order valence-corrected chi connectivity index (χ3v) is 4.42. The zero-order chi connectivity index (χ0) is 20.8. The maximum absolute atomic E-state index is 12.2. The minimum atomic E-state index is -0.327. The first-order chi connectivity index (χ1) is 13.9. The van der Waals surface area contributed by atoms with Crippen LogP contribution >= 0.6 is 0 Å². The highest BCUT2D eigenvalue weighted by molar-refractivity contribution is 6.03. The summed E-state index contributed by atoms with van der Waals surface area (Å²) in [6, 6.07) is 16.2. The number of hydrogen-bond donors (Lipinski definition) is 2. The van der Waals surface area contributed by atoms with Crippen molar-refractivity contribution in [3.05, 3.63) is 77.7 Å². The van der Waals surface area contributed by atoms with Crippen LogP contribution < -0.4 is 15.4 Å². The Morgan fingerprint density at radius 1 is 1.03 bits per heavy atom. The van der Waals surface area contributed by atoms with Gasteiger partial charge in [0.05, 0.1) is 6.26 Å². The fourth-order valence-electron chi connectivity index (χ4n) is 2.77. The summed E-state index contributed by atoms with van der Waals surface area (Å²) < 4.78 is 10.6. The van der Waals surface area contributed by atoms with E-state index in [4.69, 9.17) is 9.15 Å². The summed E-state index contributed by atoms with van der Waals surface area (Å²) >= 11 is 0. The Balaban J connectivity index is 1.53. The zero-order valence-corrected chi connectivity index (χ0v) is 16.7. The Labute approximate surface area is 169 Å². The molecule has 2 amide bonds. The molecule has 0 spiro atoms. The maximum atomic E-state index is 12.2. The van der Waals surface area contributed by atoms with Crippen LogP contribution in [0.15, 0.2) is 65.3 Å². The average Bonchev–Trinajstić information content (AvgIpc) is 3.24. The largest absolute Gasteiger partial charge is 0.484 e. The van der Waals surface area contributed by atoms with Gasteiger partial charge >= 0.3 is 0 Å². The molecule has 6 heteroatoms. The molecule has 0 atom stereocenters. The highest BCUT2D eigenvalue weighted by Gasteiger charge is 2.11. The van der Waals surface area contributed by atoms with Crippen LogP contribution in [0, 0.1) is 6.92 Å². The molecule has 1 aromatic heterocycles. The van der Waals surface area contributed by atoms with Crippen molar-refractivity contribution in [3.8, 4) is 5.75 Å². The predicted octanol–water partition coefficient (Wildman–Crippen LogP) is 4.98. The third-order valence-electron chi connectivity index (χ3n) is 4.42. The standard InChI is InChI=1S/C23H24N2O4/c1-15(2)17-6-9-19(10-7-17)29-14-22(26)24-18-8-11-20(16(3)13-18)25-23(27)21-5-4-12-28-21/h4-13,15H,14H2,1-3H3,(H,24,26)(H,25,27). The van der Waals surface area contributed by atoms with Gasteiger partial charge < -0.3 is 19.8 Å². The minimum absolute atomic E-state index is 0.0863. The second-order valence-electron chi connectivity index (χ2n) is 7.02. The number of benzene rings is 2. The second kappa shape index (κ2) is 9.10. The quantitative estimate of drug-likeness (QED) is 0.594. The predicted molar refractivity (Wildman–Crippen MR) is 112 cm³/mol. The Hall–Kier alpha value is -3.54. The molecule has 3 rings (SSSR count). The molecule has 150 valence electrons. The normalized spacial score (nSPS) is 10.6. The van der Waals surface area contributed by atoms with E-state index >= 15 is 0 Å². The van der Waals surface area contributed by atoms with Crippen molar-refractivity contribution in [1.82, 2.24) is 0 Å². The van der Waals surface area contributed by atoms with Crippen LogP contribution in [0.5, 0.6) is 5.75 Å². The summed E-state index contributed by atoms with van der Waals surface area (Å²) in [7, 11) is 0. The average molecular weight is 392 g/mol. The van der Waals surface area contributed by atoms with Crippen LogP contribution in [0.4, 0.5) is 11.4 Å². The van der Waals surface area contributed by atoms with Gasteiger partial charge in [-0.15, -0.1) is 0 Å². The molecule has 29 heavy (non-hydrogen) atoms. The van der Waals surface area contributed by atoms with E-state index in [1.165, 1.54) is 11.8 Å². The first kappa shape index (κ1) is 20.2. The molecule has 0 aliphatic heterocycles. The molecule has 3 aromatic rings. The molecule has 0 aliphatic rings. The highest BCUT2D eigenvalue weighted by Crippen LogP contribution is 2.21. The third kappa shape index (κ3) is 5.48. The number of nitrogens with one attached hydrogen (secondary N) is 2. The van der Waals surface area contributed by atoms with E-state index in [-0.39, 0.29) is 24.2 Å². The van der Waals surface area contributed by atoms with Gasteiger partial charge in [0.2, 0.25) is 0 Å². The van der Waals surface area contributed by atoms with Crippen LogP contribution in [0.2, 0.25) is 0 Å². The SMILES string of the molecule is Cc1cc(NC(=O)COc2ccc(C(C)C)cc2)ccc1NC(=O)c1ccco1. The van der Waals surface area contributed by atoms with Gasteiger partial charge in [0.1, 0.15) is 5.75 Å². The molecule has 0 bridgehead atoms. The van der Waals surface area contributed by atoms with Gasteiger partial charge in [0.15, 0.2) is 12.4 Å². The van der Waals surface area contributed by atoms with Gasteiger partial charge in [-0.25, -0.2) is 0 Å². The van der Waals surface area contributed by atoms with Gasteiger partial charge in [0, 0.05) is 11.4 Å². The fraction of sp³-hybridized carbons (Fsp3) is 0.217. The van der Waals surface area contributed by atoms with Crippen LogP contribution in [0.1, 0.15) is 41.4 Å². The molecule has 6 nitrogen and oxygen atoms in total. The van der Waals surface area contributed by atoms with E-state index in [1.807, 2.05) is 31.2 Å². The molecule has 0 radical (unpaired) electrons. The van der Waals surface area contributed by atoms with Crippen molar-refractivity contribution in [3.63, 3.8) is 0 Å². The van der Waals surface area contributed by atoms with E-state index in [0.717, 1.165) is 5.56 Å². The maximum Gasteiger partial charge on any atom is 0.291 e. The molecule has 0 fully saturated rings. The fourth-order valence-corrected chi connectivity index (χ4v) is 2.77. The first-order valence-corrected chi connectivity index (χ1v) is 9.40.